The highest BCUT2D eigenvalue weighted by Crippen LogP contribution is 2.20. The third kappa shape index (κ3) is 2.56. The Labute approximate surface area is 95.6 Å². The van der Waals surface area contributed by atoms with E-state index in [1.165, 1.54) is 4.88 Å². The van der Waals surface area contributed by atoms with Gasteiger partial charge < -0.3 is 5.32 Å². The Morgan fingerprint density at radius 1 is 1.57 bits per heavy atom. The summed E-state index contributed by atoms with van der Waals surface area (Å²) in [5.74, 6) is 0.582. The van der Waals surface area contributed by atoms with Crippen molar-refractivity contribution >= 4 is 37.1 Å². The molecule has 14 heavy (non-hydrogen) atoms. The van der Waals surface area contributed by atoms with Crippen LogP contribution in [0.15, 0.2) is 15.9 Å². The second kappa shape index (κ2) is 3.92. The standard InChI is InChI=1S/C8H10BrNO2S2/c9-6-1-8(13-3-6)2-10-7-4-14(11,12)5-7/h1,3,7,10H,2,4-5H2. The van der Waals surface area contributed by atoms with Crippen LogP contribution in [-0.2, 0) is 16.4 Å². The fourth-order valence-electron chi connectivity index (χ4n) is 1.37. The number of hydrogen-bond acceptors (Lipinski definition) is 4. The van der Waals surface area contributed by atoms with Crippen molar-refractivity contribution in [1.29, 1.82) is 0 Å². The summed E-state index contributed by atoms with van der Waals surface area (Å²) in [6.07, 6.45) is 0. The van der Waals surface area contributed by atoms with Crippen LogP contribution in [0.3, 0.4) is 0 Å². The van der Waals surface area contributed by atoms with Gasteiger partial charge in [-0.05, 0) is 22.0 Å². The molecule has 3 nitrogen and oxygen atoms in total. The van der Waals surface area contributed by atoms with Crippen molar-refractivity contribution in [3.8, 4) is 0 Å². The molecule has 1 fully saturated rings. The van der Waals surface area contributed by atoms with Crippen LogP contribution in [-0.4, -0.2) is 26.0 Å². The van der Waals surface area contributed by atoms with Crippen LogP contribution < -0.4 is 5.32 Å². The first-order valence-corrected chi connectivity index (χ1v) is 7.71. The minimum absolute atomic E-state index is 0.154. The monoisotopic (exact) mass is 295 g/mol. The first-order valence-electron chi connectivity index (χ1n) is 4.22. The zero-order chi connectivity index (χ0) is 10.2. The van der Waals surface area contributed by atoms with Gasteiger partial charge in [-0.1, -0.05) is 0 Å². The Hall–Kier alpha value is 0.0900. The van der Waals surface area contributed by atoms with Gasteiger partial charge in [-0.2, -0.15) is 0 Å². The number of nitrogens with one attached hydrogen (secondary N) is 1. The average Bonchev–Trinajstić information content (AvgIpc) is 2.44. The van der Waals surface area contributed by atoms with E-state index in [-0.39, 0.29) is 6.04 Å². The van der Waals surface area contributed by atoms with E-state index < -0.39 is 9.84 Å². The molecule has 1 aromatic rings. The predicted octanol–water partition coefficient (Wildman–Crippen LogP) is 1.40. The highest BCUT2D eigenvalue weighted by Gasteiger charge is 2.32. The van der Waals surface area contributed by atoms with Crippen LogP contribution in [0.2, 0.25) is 0 Å². The summed E-state index contributed by atoms with van der Waals surface area (Å²) in [4.78, 5) is 1.22. The summed E-state index contributed by atoms with van der Waals surface area (Å²) in [6.45, 7) is 0.760. The molecule has 0 amide bonds. The van der Waals surface area contributed by atoms with Crippen molar-refractivity contribution in [2.24, 2.45) is 0 Å². The number of thiophene rings is 1. The molecule has 1 aliphatic rings. The van der Waals surface area contributed by atoms with Gasteiger partial charge in [-0.15, -0.1) is 11.3 Å². The lowest BCUT2D eigenvalue weighted by atomic mass is 10.3. The first kappa shape index (κ1) is 10.6. The zero-order valence-electron chi connectivity index (χ0n) is 7.36. The Kier molecular flexibility index (Phi) is 2.97. The van der Waals surface area contributed by atoms with Crippen LogP contribution in [0, 0.1) is 0 Å². The molecule has 0 spiro atoms. The highest BCUT2D eigenvalue weighted by atomic mass is 79.9. The third-order valence-electron chi connectivity index (χ3n) is 2.10. The molecular formula is C8H10BrNO2S2. The summed E-state index contributed by atoms with van der Waals surface area (Å²) < 4.78 is 22.8. The number of rotatable bonds is 3. The SMILES string of the molecule is O=S1(=O)CC(NCc2cc(Br)cs2)C1. The quantitative estimate of drug-likeness (QED) is 0.917. The van der Waals surface area contributed by atoms with E-state index in [2.05, 4.69) is 21.2 Å². The molecule has 6 heteroatoms. The van der Waals surface area contributed by atoms with Gasteiger partial charge in [0.05, 0.1) is 11.5 Å². The van der Waals surface area contributed by atoms with Gasteiger partial charge in [0.2, 0.25) is 0 Å². The maximum atomic E-state index is 10.9. The van der Waals surface area contributed by atoms with Gasteiger partial charge in [0, 0.05) is 27.3 Å². The number of hydrogen-bond donors (Lipinski definition) is 1. The Morgan fingerprint density at radius 2 is 2.29 bits per heavy atom. The summed E-state index contributed by atoms with van der Waals surface area (Å²) in [7, 11) is -2.70. The maximum absolute atomic E-state index is 10.9. The number of halogens is 1. The van der Waals surface area contributed by atoms with Crippen LogP contribution >= 0.6 is 27.3 Å². The van der Waals surface area contributed by atoms with E-state index in [4.69, 9.17) is 0 Å². The van der Waals surface area contributed by atoms with Crippen molar-refractivity contribution in [3.05, 3.63) is 20.8 Å². The normalized spacial score (nSPS) is 20.6. The lowest BCUT2D eigenvalue weighted by Gasteiger charge is -2.26. The third-order valence-corrected chi connectivity index (χ3v) is 5.62. The molecular weight excluding hydrogens is 286 g/mol. The molecule has 0 aromatic carbocycles. The molecule has 2 rings (SSSR count). The molecule has 0 radical (unpaired) electrons. The van der Waals surface area contributed by atoms with E-state index >= 15 is 0 Å². The topological polar surface area (TPSA) is 46.2 Å². The fourth-order valence-corrected chi connectivity index (χ4v) is 4.14. The van der Waals surface area contributed by atoms with Crippen LogP contribution in [0.5, 0.6) is 0 Å². The minimum atomic E-state index is -2.70. The van der Waals surface area contributed by atoms with E-state index in [1.807, 2.05) is 11.4 Å². The van der Waals surface area contributed by atoms with Crippen molar-refractivity contribution < 1.29 is 8.42 Å². The summed E-state index contributed by atoms with van der Waals surface area (Å²) in [5.41, 5.74) is 0. The van der Waals surface area contributed by atoms with Gasteiger partial charge >= 0.3 is 0 Å². The molecule has 0 aliphatic carbocycles. The maximum Gasteiger partial charge on any atom is 0.153 e. The van der Waals surface area contributed by atoms with Crippen LogP contribution in [0.1, 0.15) is 4.88 Å². The van der Waals surface area contributed by atoms with Crippen molar-refractivity contribution in [2.75, 3.05) is 11.5 Å². The molecule has 1 N–H and O–H groups in total. The predicted molar refractivity (Wildman–Crippen MR) is 61.3 cm³/mol. The van der Waals surface area contributed by atoms with E-state index in [0.29, 0.717) is 11.5 Å². The van der Waals surface area contributed by atoms with Gasteiger partial charge in [0.1, 0.15) is 0 Å². The summed E-state index contributed by atoms with van der Waals surface area (Å²) in [6, 6.07) is 2.20. The van der Waals surface area contributed by atoms with E-state index in [0.717, 1.165) is 11.0 Å². The lowest BCUT2D eigenvalue weighted by Crippen LogP contribution is -2.50. The average molecular weight is 296 g/mol. The minimum Gasteiger partial charge on any atom is -0.307 e. The molecule has 0 unspecified atom stereocenters. The van der Waals surface area contributed by atoms with Gasteiger partial charge in [-0.25, -0.2) is 8.42 Å². The van der Waals surface area contributed by atoms with Gasteiger partial charge in [0.25, 0.3) is 0 Å². The second-order valence-corrected chi connectivity index (χ2v) is 7.45. The van der Waals surface area contributed by atoms with Gasteiger partial charge in [-0.3, -0.25) is 0 Å². The summed E-state index contributed by atoms with van der Waals surface area (Å²) >= 11 is 5.04. The van der Waals surface area contributed by atoms with Crippen molar-refractivity contribution in [2.45, 2.75) is 12.6 Å². The van der Waals surface area contributed by atoms with E-state index in [1.54, 1.807) is 11.3 Å². The number of sulfone groups is 1. The Morgan fingerprint density at radius 3 is 2.79 bits per heavy atom. The molecule has 78 valence electrons. The summed E-state index contributed by atoms with van der Waals surface area (Å²) in [5, 5.41) is 5.24. The molecule has 1 aliphatic heterocycles. The molecule has 1 aromatic heterocycles. The smallest absolute Gasteiger partial charge is 0.153 e. The molecule has 0 atom stereocenters. The molecule has 0 saturated carbocycles. The van der Waals surface area contributed by atoms with Crippen LogP contribution in [0.25, 0.3) is 0 Å². The molecule has 1 saturated heterocycles. The van der Waals surface area contributed by atoms with Crippen molar-refractivity contribution in [1.82, 2.24) is 5.32 Å². The Bertz CT molecular complexity index is 414. The molecule has 2 heterocycles. The fraction of sp³-hybridized carbons (Fsp3) is 0.500. The highest BCUT2D eigenvalue weighted by molar-refractivity contribution is 9.10. The lowest BCUT2D eigenvalue weighted by molar-refractivity contribution is 0.513. The largest absolute Gasteiger partial charge is 0.307 e. The van der Waals surface area contributed by atoms with Gasteiger partial charge in [0.15, 0.2) is 9.84 Å². The van der Waals surface area contributed by atoms with Crippen LogP contribution in [0.4, 0.5) is 0 Å². The Balaban J connectivity index is 1.79. The van der Waals surface area contributed by atoms with E-state index in [9.17, 15) is 8.42 Å². The van der Waals surface area contributed by atoms with Crippen molar-refractivity contribution in [3.63, 3.8) is 0 Å². The first-order chi connectivity index (χ1) is 6.55. The zero-order valence-corrected chi connectivity index (χ0v) is 10.6. The molecule has 0 bridgehead atoms. The second-order valence-electron chi connectivity index (χ2n) is 3.39.